The van der Waals surface area contributed by atoms with Gasteiger partial charge in [0.05, 0.1) is 12.7 Å². The van der Waals surface area contributed by atoms with Gasteiger partial charge in [-0.3, -0.25) is 9.69 Å². The summed E-state index contributed by atoms with van der Waals surface area (Å²) >= 11 is 0. The molecule has 1 aliphatic heterocycles. The molecule has 2 aliphatic rings. The van der Waals surface area contributed by atoms with E-state index in [1.807, 2.05) is 18.2 Å². The van der Waals surface area contributed by atoms with Crippen LogP contribution < -0.4 is 0 Å². The van der Waals surface area contributed by atoms with Gasteiger partial charge in [-0.25, -0.2) is 0 Å². The molecule has 0 N–H and O–H groups in total. The molecule has 0 aromatic heterocycles. The van der Waals surface area contributed by atoms with Crippen LogP contribution in [-0.2, 0) is 11.3 Å². The van der Waals surface area contributed by atoms with E-state index in [2.05, 4.69) is 11.0 Å². The second-order valence-corrected chi connectivity index (χ2v) is 7.44. The van der Waals surface area contributed by atoms with Crippen LogP contribution in [-0.4, -0.2) is 55.6 Å². The lowest BCUT2D eigenvalue weighted by Crippen LogP contribution is -2.45. The average molecular weight is 330 g/mol. The minimum atomic E-state index is 0.0684. The number of rotatable bonds is 4. The van der Waals surface area contributed by atoms with Crippen LogP contribution in [0.5, 0.6) is 0 Å². The minimum Gasteiger partial charge on any atom is -0.375 e. The van der Waals surface area contributed by atoms with Crippen molar-refractivity contribution in [1.29, 1.82) is 0 Å². The topological polar surface area (TPSA) is 32.8 Å². The molecule has 0 spiro atoms. The fraction of sp³-hybridized carbons (Fsp3) is 0.650. The summed E-state index contributed by atoms with van der Waals surface area (Å²) in [6.45, 7) is 3.74. The molecular weight excluding hydrogens is 300 g/mol. The Morgan fingerprint density at radius 3 is 2.79 bits per heavy atom. The minimum absolute atomic E-state index is 0.0684. The maximum Gasteiger partial charge on any atom is 0.253 e. The van der Waals surface area contributed by atoms with Crippen molar-refractivity contribution < 1.29 is 9.53 Å². The number of hydrogen-bond donors (Lipinski definition) is 0. The van der Waals surface area contributed by atoms with E-state index in [0.717, 1.165) is 37.7 Å². The monoisotopic (exact) mass is 330 g/mol. The summed E-state index contributed by atoms with van der Waals surface area (Å²) in [6, 6.07) is 8.05. The van der Waals surface area contributed by atoms with E-state index >= 15 is 0 Å². The van der Waals surface area contributed by atoms with Gasteiger partial charge in [0.15, 0.2) is 0 Å². The zero-order chi connectivity index (χ0) is 16.9. The van der Waals surface area contributed by atoms with E-state index in [9.17, 15) is 4.79 Å². The molecule has 1 aromatic carbocycles. The number of carbonyl (C=O) groups excluding carboxylic acids is 1. The molecule has 0 bridgehead atoms. The summed E-state index contributed by atoms with van der Waals surface area (Å²) in [5, 5.41) is 0. The van der Waals surface area contributed by atoms with Crippen molar-refractivity contribution in [3.8, 4) is 0 Å². The van der Waals surface area contributed by atoms with E-state index in [0.29, 0.717) is 6.10 Å². The van der Waals surface area contributed by atoms with Gasteiger partial charge in [0.1, 0.15) is 0 Å². The van der Waals surface area contributed by atoms with E-state index < -0.39 is 0 Å². The van der Waals surface area contributed by atoms with Gasteiger partial charge < -0.3 is 9.64 Å². The Morgan fingerprint density at radius 1 is 1.25 bits per heavy atom. The molecular formula is C20H30N2O2. The molecule has 4 nitrogen and oxygen atoms in total. The molecule has 2 fully saturated rings. The third kappa shape index (κ3) is 4.37. The first-order valence-electron chi connectivity index (χ1n) is 9.28. The second kappa shape index (κ2) is 8.13. The van der Waals surface area contributed by atoms with Crippen molar-refractivity contribution in [1.82, 2.24) is 9.80 Å². The lowest BCUT2D eigenvalue weighted by Gasteiger charge is -2.38. The Morgan fingerprint density at radius 2 is 2.04 bits per heavy atom. The van der Waals surface area contributed by atoms with Gasteiger partial charge in [-0.15, -0.1) is 0 Å². The number of benzene rings is 1. The number of ether oxygens (including phenoxy) is 1. The first kappa shape index (κ1) is 17.4. The summed E-state index contributed by atoms with van der Waals surface area (Å²) in [4.78, 5) is 16.3. The lowest BCUT2D eigenvalue weighted by atomic mass is 9.84. The van der Waals surface area contributed by atoms with Crippen molar-refractivity contribution in [2.45, 2.75) is 44.8 Å². The molecule has 4 heteroatoms. The van der Waals surface area contributed by atoms with E-state index in [-0.39, 0.29) is 5.91 Å². The fourth-order valence-corrected chi connectivity index (χ4v) is 3.99. The molecule has 1 saturated heterocycles. The van der Waals surface area contributed by atoms with Crippen LogP contribution in [0.15, 0.2) is 24.3 Å². The van der Waals surface area contributed by atoms with Crippen LogP contribution in [0.3, 0.4) is 0 Å². The van der Waals surface area contributed by atoms with Crippen molar-refractivity contribution in [3.05, 3.63) is 35.4 Å². The third-order valence-electron chi connectivity index (χ3n) is 5.34. The van der Waals surface area contributed by atoms with Gasteiger partial charge in [0.2, 0.25) is 0 Å². The van der Waals surface area contributed by atoms with Gasteiger partial charge in [-0.05, 0) is 36.5 Å². The molecule has 1 atom stereocenters. The van der Waals surface area contributed by atoms with Gasteiger partial charge in [-0.2, -0.15) is 0 Å². The molecule has 1 unspecified atom stereocenters. The van der Waals surface area contributed by atoms with Gasteiger partial charge in [-0.1, -0.05) is 31.4 Å². The van der Waals surface area contributed by atoms with Crippen molar-refractivity contribution in [2.24, 2.45) is 5.92 Å². The van der Waals surface area contributed by atoms with Crippen molar-refractivity contribution >= 4 is 5.91 Å². The molecule has 0 radical (unpaired) electrons. The predicted molar refractivity (Wildman–Crippen MR) is 96.1 cm³/mol. The Kier molecular flexibility index (Phi) is 5.90. The Labute approximate surface area is 145 Å². The maximum absolute atomic E-state index is 12.1. The van der Waals surface area contributed by atoms with Crippen LogP contribution in [0.25, 0.3) is 0 Å². The molecule has 1 saturated carbocycles. The lowest BCUT2D eigenvalue weighted by molar-refractivity contribution is -0.0670. The standard InChI is InChI=1S/C20H30N2O2/c1-21(2)20(23)18-10-6-7-16(13-18)14-22-11-12-24-19(15-22)17-8-4-3-5-9-17/h6-7,10,13,17,19H,3-5,8-9,11-12,14-15H2,1-2H3. The summed E-state index contributed by atoms with van der Waals surface area (Å²) in [7, 11) is 3.59. The molecule has 132 valence electrons. The van der Waals surface area contributed by atoms with E-state index in [1.165, 1.54) is 37.7 Å². The van der Waals surface area contributed by atoms with E-state index in [4.69, 9.17) is 4.74 Å². The van der Waals surface area contributed by atoms with E-state index in [1.54, 1.807) is 19.0 Å². The highest BCUT2D eigenvalue weighted by atomic mass is 16.5. The highest BCUT2D eigenvalue weighted by Gasteiger charge is 2.29. The van der Waals surface area contributed by atoms with Crippen LogP contribution in [0.4, 0.5) is 0 Å². The summed E-state index contributed by atoms with van der Waals surface area (Å²) < 4.78 is 6.08. The highest BCUT2D eigenvalue weighted by molar-refractivity contribution is 5.94. The first-order valence-corrected chi connectivity index (χ1v) is 9.28. The Balaban J connectivity index is 1.61. The Bertz CT molecular complexity index is 552. The van der Waals surface area contributed by atoms with Crippen molar-refractivity contribution in [3.63, 3.8) is 0 Å². The highest BCUT2D eigenvalue weighted by Crippen LogP contribution is 2.30. The zero-order valence-electron chi connectivity index (χ0n) is 15.0. The molecule has 24 heavy (non-hydrogen) atoms. The van der Waals surface area contributed by atoms with Crippen LogP contribution in [0.2, 0.25) is 0 Å². The number of carbonyl (C=O) groups is 1. The molecule has 1 amide bonds. The van der Waals surface area contributed by atoms with Gasteiger partial charge in [0, 0.05) is 39.3 Å². The normalized spacial score (nSPS) is 23.2. The average Bonchev–Trinajstić information content (AvgIpc) is 2.62. The molecule has 1 aromatic rings. The third-order valence-corrected chi connectivity index (χ3v) is 5.34. The van der Waals surface area contributed by atoms with Crippen LogP contribution in [0, 0.1) is 5.92 Å². The van der Waals surface area contributed by atoms with Gasteiger partial charge >= 0.3 is 0 Å². The van der Waals surface area contributed by atoms with Crippen molar-refractivity contribution in [2.75, 3.05) is 33.8 Å². The fourth-order valence-electron chi connectivity index (χ4n) is 3.99. The maximum atomic E-state index is 12.1. The van der Waals surface area contributed by atoms with Gasteiger partial charge in [0.25, 0.3) is 5.91 Å². The number of amides is 1. The molecule has 1 aliphatic carbocycles. The van der Waals surface area contributed by atoms with Crippen LogP contribution in [0.1, 0.15) is 48.0 Å². The summed E-state index contributed by atoms with van der Waals surface area (Å²) in [6.07, 6.45) is 7.15. The summed E-state index contributed by atoms with van der Waals surface area (Å²) in [5.41, 5.74) is 1.99. The summed E-state index contributed by atoms with van der Waals surface area (Å²) in [5.74, 6) is 0.808. The Hall–Kier alpha value is -1.39. The largest absolute Gasteiger partial charge is 0.375 e. The predicted octanol–water partition coefficient (Wildman–Crippen LogP) is 3.17. The molecule has 1 heterocycles. The number of morpholine rings is 1. The number of hydrogen-bond acceptors (Lipinski definition) is 3. The quantitative estimate of drug-likeness (QED) is 0.850. The first-order chi connectivity index (χ1) is 11.6. The SMILES string of the molecule is CN(C)C(=O)c1cccc(CN2CCOC(C3CCCCC3)C2)c1. The molecule has 3 rings (SSSR count). The second-order valence-electron chi connectivity index (χ2n) is 7.44. The smallest absolute Gasteiger partial charge is 0.253 e. The zero-order valence-corrected chi connectivity index (χ0v) is 15.0. The van der Waals surface area contributed by atoms with Crippen LogP contribution >= 0.6 is 0 Å². The number of nitrogens with zero attached hydrogens (tertiary/aromatic N) is 2.